The number of allylic oxidation sites excluding steroid dienone is 1. The molecule has 3 aliphatic heterocycles. The van der Waals surface area contributed by atoms with Crippen molar-refractivity contribution in [2.24, 2.45) is 0 Å². The number of anilines is 3. The summed E-state index contributed by atoms with van der Waals surface area (Å²) in [6.07, 6.45) is -0.282. The largest absolute Gasteiger partial charge is 0.491 e. The number of aromatic nitrogens is 1. The van der Waals surface area contributed by atoms with Crippen LogP contribution in [0.25, 0.3) is 0 Å². The molecule has 0 radical (unpaired) electrons. The Morgan fingerprint density at radius 2 is 1.95 bits per heavy atom. The van der Waals surface area contributed by atoms with Crippen LogP contribution in [0.1, 0.15) is 6.42 Å². The standard InChI is InChI=1S/C23H23F3N5O9P/c24-16-11-17(19(25)20(26)21(16)28-4-1-14(32)2-5-28)30-12-15(39-23(30)34)13-31(18-3-8-38-27-18)41(35,36)40-22(33)29-6-9-37-10-7-29/h1,3-4,8,11,15H,2,5-7,9-10,12-13H2,(H,35,36)/t15-/m1/s1. The minimum absolute atomic E-state index is 0.0304. The maximum atomic E-state index is 15.1. The number of hydrogen-bond donors (Lipinski definition) is 1. The van der Waals surface area contributed by atoms with E-state index in [4.69, 9.17) is 18.5 Å². The summed E-state index contributed by atoms with van der Waals surface area (Å²) < 4.78 is 78.9. The smallest absolute Gasteiger partial charge is 0.442 e. The lowest BCUT2D eigenvalue weighted by molar-refractivity contribution is -0.114. The lowest BCUT2D eigenvalue weighted by Crippen LogP contribution is -2.42. The summed E-state index contributed by atoms with van der Waals surface area (Å²) in [6, 6.07) is 1.80. The third-order valence-corrected chi connectivity index (χ3v) is 7.82. The van der Waals surface area contributed by atoms with Crippen molar-refractivity contribution in [2.45, 2.75) is 12.5 Å². The summed E-state index contributed by atoms with van der Waals surface area (Å²) in [7, 11) is -4.99. The topological polar surface area (TPSA) is 155 Å². The number of ether oxygens (including phenoxy) is 2. The fourth-order valence-corrected chi connectivity index (χ4v) is 5.58. The molecule has 1 unspecified atom stereocenters. The van der Waals surface area contributed by atoms with Gasteiger partial charge in [-0.05, 0) is 6.08 Å². The van der Waals surface area contributed by atoms with Gasteiger partial charge in [-0.25, -0.2) is 32.0 Å². The van der Waals surface area contributed by atoms with Crippen LogP contribution in [0.3, 0.4) is 0 Å². The molecule has 0 saturated carbocycles. The highest BCUT2D eigenvalue weighted by Gasteiger charge is 2.43. The number of benzene rings is 1. The summed E-state index contributed by atoms with van der Waals surface area (Å²) >= 11 is 0. The number of rotatable bonds is 7. The first kappa shape index (κ1) is 28.4. The molecule has 14 nitrogen and oxygen atoms in total. The highest BCUT2D eigenvalue weighted by molar-refractivity contribution is 7.55. The average molecular weight is 601 g/mol. The Labute approximate surface area is 230 Å². The molecule has 2 aromatic rings. The first-order valence-electron chi connectivity index (χ1n) is 12.3. The third-order valence-electron chi connectivity index (χ3n) is 6.44. The fourth-order valence-electron chi connectivity index (χ4n) is 4.41. The van der Waals surface area contributed by atoms with E-state index in [9.17, 15) is 32.6 Å². The quantitative estimate of drug-likeness (QED) is 0.367. The number of nitrogens with zero attached hydrogens (tertiary/aromatic N) is 5. The maximum absolute atomic E-state index is 15.1. The molecule has 3 aliphatic rings. The summed E-state index contributed by atoms with van der Waals surface area (Å²) in [4.78, 5) is 50.0. The van der Waals surface area contributed by atoms with E-state index in [1.54, 1.807) is 0 Å². The van der Waals surface area contributed by atoms with E-state index in [0.717, 1.165) is 28.3 Å². The van der Waals surface area contributed by atoms with E-state index < -0.39 is 68.0 Å². The molecular formula is C23H23F3N5O9P. The molecule has 18 heteroatoms. The van der Waals surface area contributed by atoms with Crippen LogP contribution in [0.2, 0.25) is 0 Å². The molecular weight excluding hydrogens is 578 g/mol. The zero-order chi connectivity index (χ0) is 29.3. The van der Waals surface area contributed by atoms with Gasteiger partial charge in [-0.2, -0.15) is 0 Å². The van der Waals surface area contributed by atoms with E-state index in [0.29, 0.717) is 15.6 Å². The molecule has 0 aliphatic carbocycles. The SMILES string of the molecule is O=C1C=CN(c2c(F)cc(N3C[C@H](CN(c4ccon4)P(=O)(O)OC(=O)N4CCOCC4)OC3=O)c(F)c2F)CC1. The van der Waals surface area contributed by atoms with Crippen LogP contribution in [0.4, 0.5) is 40.0 Å². The predicted octanol–water partition coefficient (Wildman–Crippen LogP) is 2.79. The zero-order valence-electron chi connectivity index (χ0n) is 21.2. The lowest BCUT2D eigenvalue weighted by Gasteiger charge is -2.30. The third kappa shape index (κ3) is 5.87. The van der Waals surface area contributed by atoms with Gasteiger partial charge in [-0.15, -0.1) is 0 Å². The van der Waals surface area contributed by atoms with Gasteiger partial charge < -0.3 is 28.3 Å². The van der Waals surface area contributed by atoms with Crippen molar-refractivity contribution < 1.29 is 55.5 Å². The van der Waals surface area contributed by atoms with E-state index in [1.807, 2.05) is 0 Å². The highest BCUT2D eigenvalue weighted by atomic mass is 31.2. The van der Waals surface area contributed by atoms with Gasteiger partial charge in [0.2, 0.25) is 0 Å². The van der Waals surface area contributed by atoms with Crippen molar-refractivity contribution >= 4 is 42.9 Å². The van der Waals surface area contributed by atoms with Crippen LogP contribution >= 0.6 is 7.75 Å². The van der Waals surface area contributed by atoms with Gasteiger partial charge in [0.15, 0.2) is 29.1 Å². The Bertz CT molecular complexity index is 1420. The van der Waals surface area contributed by atoms with Crippen LogP contribution in [-0.4, -0.2) is 85.0 Å². The molecule has 2 amide bonds. The first-order chi connectivity index (χ1) is 19.5. The minimum Gasteiger partial charge on any atom is -0.442 e. The zero-order valence-corrected chi connectivity index (χ0v) is 22.0. The van der Waals surface area contributed by atoms with Crippen LogP contribution in [0.5, 0.6) is 0 Å². The van der Waals surface area contributed by atoms with Crippen LogP contribution < -0.4 is 14.5 Å². The van der Waals surface area contributed by atoms with Crippen LogP contribution in [0, 0.1) is 17.5 Å². The number of ketones is 1. The van der Waals surface area contributed by atoms with Gasteiger partial charge in [0.1, 0.15) is 18.1 Å². The van der Waals surface area contributed by atoms with Crippen molar-refractivity contribution in [2.75, 3.05) is 60.4 Å². The molecule has 1 N–H and O–H groups in total. The molecule has 1 aromatic heterocycles. The maximum Gasteiger partial charge on any atom is 0.491 e. The van der Waals surface area contributed by atoms with Gasteiger partial charge in [0, 0.05) is 44.4 Å². The van der Waals surface area contributed by atoms with E-state index in [2.05, 4.69) is 5.16 Å². The molecule has 0 bridgehead atoms. The summed E-state index contributed by atoms with van der Waals surface area (Å²) in [5.74, 6) is -4.85. The van der Waals surface area contributed by atoms with Crippen molar-refractivity contribution in [3.8, 4) is 0 Å². The Morgan fingerprint density at radius 3 is 2.61 bits per heavy atom. The van der Waals surface area contributed by atoms with E-state index in [1.165, 1.54) is 6.07 Å². The minimum atomic E-state index is -4.99. The van der Waals surface area contributed by atoms with Gasteiger partial charge in [0.05, 0.1) is 32.0 Å². The van der Waals surface area contributed by atoms with Crippen molar-refractivity contribution in [1.29, 1.82) is 0 Å². The average Bonchev–Trinajstić information content (AvgIpc) is 3.60. The molecule has 2 fully saturated rings. The molecule has 2 atom stereocenters. The normalized spacial score (nSPS) is 20.7. The van der Waals surface area contributed by atoms with Crippen molar-refractivity contribution in [3.63, 3.8) is 0 Å². The molecule has 5 rings (SSSR count). The summed E-state index contributed by atoms with van der Waals surface area (Å²) in [6.45, 7) is -0.514. The van der Waals surface area contributed by atoms with Crippen LogP contribution in [0.15, 0.2) is 35.2 Å². The molecule has 41 heavy (non-hydrogen) atoms. The monoisotopic (exact) mass is 601 g/mol. The number of cyclic esters (lactones) is 1. The van der Waals surface area contributed by atoms with Gasteiger partial charge >= 0.3 is 19.9 Å². The van der Waals surface area contributed by atoms with Gasteiger partial charge in [0.25, 0.3) is 0 Å². The van der Waals surface area contributed by atoms with Gasteiger partial charge in [-0.3, -0.25) is 14.6 Å². The van der Waals surface area contributed by atoms with E-state index >= 15 is 4.39 Å². The Morgan fingerprint density at radius 1 is 1.20 bits per heavy atom. The van der Waals surface area contributed by atoms with Crippen molar-refractivity contribution in [3.05, 3.63) is 48.1 Å². The fraction of sp³-hybridized carbons (Fsp3) is 0.391. The number of hydrogen-bond acceptors (Lipinski definition) is 10. The number of carbonyl (C=O) groups is 3. The Kier molecular flexibility index (Phi) is 7.93. The molecule has 0 spiro atoms. The lowest BCUT2D eigenvalue weighted by atomic mass is 10.1. The summed E-state index contributed by atoms with van der Waals surface area (Å²) in [5, 5.41) is 3.59. The Hall–Kier alpha value is -4.08. The van der Waals surface area contributed by atoms with Crippen molar-refractivity contribution in [1.82, 2.24) is 10.1 Å². The second-order valence-electron chi connectivity index (χ2n) is 9.08. The number of morpholine rings is 1. The molecule has 4 heterocycles. The molecule has 220 valence electrons. The van der Waals surface area contributed by atoms with E-state index in [-0.39, 0.29) is 50.9 Å². The second-order valence-corrected chi connectivity index (χ2v) is 10.7. The molecule has 2 saturated heterocycles. The van der Waals surface area contributed by atoms with Gasteiger partial charge in [-0.1, -0.05) is 5.16 Å². The number of carbonyl (C=O) groups excluding carboxylic acids is 3. The second kappa shape index (κ2) is 11.4. The molecule has 1 aromatic carbocycles. The summed E-state index contributed by atoms with van der Waals surface area (Å²) in [5.41, 5.74) is -1.51. The highest BCUT2D eigenvalue weighted by Crippen LogP contribution is 2.49. The Balaban J connectivity index is 1.35. The van der Waals surface area contributed by atoms with Crippen LogP contribution in [-0.2, 0) is 23.4 Å². The number of halogens is 3. The predicted molar refractivity (Wildman–Crippen MR) is 133 cm³/mol. The first-order valence-corrected chi connectivity index (χ1v) is 13.8. The number of amides is 2.